The topological polar surface area (TPSA) is 98.3 Å². The first-order valence-electron chi connectivity index (χ1n) is 13.5. The fraction of sp³-hybridized carbons (Fsp3) is 0.517. The molecule has 1 aromatic carbocycles. The minimum absolute atomic E-state index is 0.0501. The largest absolute Gasteiger partial charge is 0.489 e. The summed E-state index contributed by atoms with van der Waals surface area (Å²) in [5.74, 6) is -0.743. The zero-order chi connectivity index (χ0) is 28.8. The van der Waals surface area contributed by atoms with Gasteiger partial charge in [0.25, 0.3) is 5.91 Å². The lowest BCUT2D eigenvalue weighted by molar-refractivity contribution is -0.154. The lowest BCUT2D eigenvalue weighted by Gasteiger charge is -2.21. The molecule has 0 N–H and O–H groups in total. The van der Waals surface area contributed by atoms with Crippen molar-refractivity contribution in [3.05, 3.63) is 53.3 Å². The average molecular weight is 560 g/mol. The first-order valence-corrected chi connectivity index (χ1v) is 13.5. The molecule has 4 rings (SSSR count). The normalized spacial score (nSPS) is 18.5. The molecule has 2 amide bonds. The van der Waals surface area contributed by atoms with E-state index in [0.717, 1.165) is 24.8 Å². The molecule has 1 aromatic heterocycles. The number of benzene rings is 1. The van der Waals surface area contributed by atoms with E-state index in [1.807, 2.05) is 6.92 Å². The highest BCUT2D eigenvalue weighted by Gasteiger charge is 2.40. The molecule has 2 fully saturated rings. The van der Waals surface area contributed by atoms with Crippen molar-refractivity contribution >= 4 is 17.8 Å². The molecule has 0 spiro atoms. The zero-order valence-electron chi connectivity index (χ0n) is 23.0. The van der Waals surface area contributed by atoms with E-state index in [9.17, 15) is 23.2 Å². The van der Waals surface area contributed by atoms with Crippen LogP contribution in [0.25, 0.3) is 0 Å². The minimum atomic E-state index is -2.99. The van der Waals surface area contributed by atoms with Gasteiger partial charge in [0.2, 0.25) is 5.91 Å². The van der Waals surface area contributed by atoms with Crippen LogP contribution in [0.3, 0.4) is 0 Å². The van der Waals surface area contributed by atoms with E-state index < -0.39 is 18.6 Å². The van der Waals surface area contributed by atoms with Crippen LogP contribution in [0.4, 0.5) is 8.78 Å². The lowest BCUT2D eigenvalue weighted by Crippen LogP contribution is -2.40. The number of rotatable bonds is 12. The average Bonchev–Trinajstić information content (AvgIpc) is 3.65. The third kappa shape index (κ3) is 7.45. The number of hydrogen-bond donors (Lipinski definition) is 0. The summed E-state index contributed by atoms with van der Waals surface area (Å²) in [6.07, 6.45) is 3.19. The molecule has 1 aliphatic heterocycles. The van der Waals surface area contributed by atoms with Gasteiger partial charge in [-0.15, -0.1) is 0 Å². The van der Waals surface area contributed by atoms with Crippen LogP contribution in [0.2, 0.25) is 0 Å². The second kappa shape index (κ2) is 13.1. The Morgan fingerprint density at radius 3 is 2.60 bits per heavy atom. The minimum Gasteiger partial charge on any atom is -0.489 e. The van der Waals surface area contributed by atoms with Gasteiger partial charge in [0.1, 0.15) is 18.3 Å². The molecule has 2 atom stereocenters. The number of hydrogen-bond acceptors (Lipinski definition) is 7. The van der Waals surface area contributed by atoms with Crippen LogP contribution >= 0.6 is 0 Å². The van der Waals surface area contributed by atoms with Crippen molar-refractivity contribution in [3.63, 3.8) is 0 Å². The van der Waals surface area contributed by atoms with Crippen molar-refractivity contribution in [1.82, 2.24) is 14.8 Å². The summed E-state index contributed by atoms with van der Waals surface area (Å²) in [5, 5.41) is 0. The van der Waals surface area contributed by atoms with Gasteiger partial charge >= 0.3 is 12.6 Å². The second-order valence-electron chi connectivity index (χ2n) is 10.3. The Morgan fingerprint density at radius 1 is 1.15 bits per heavy atom. The summed E-state index contributed by atoms with van der Waals surface area (Å²) < 4.78 is 41.8. The maximum Gasteiger partial charge on any atom is 0.387 e. The molecular formula is C29H35F2N3O6. The van der Waals surface area contributed by atoms with E-state index in [1.165, 1.54) is 17.9 Å². The summed E-state index contributed by atoms with van der Waals surface area (Å²) in [6, 6.07) is 8.87. The predicted octanol–water partition coefficient (Wildman–Crippen LogP) is 4.40. The number of likely N-dealkylation sites (tertiary alicyclic amines) is 1. The smallest absolute Gasteiger partial charge is 0.387 e. The van der Waals surface area contributed by atoms with Crippen molar-refractivity contribution in [1.29, 1.82) is 0 Å². The number of nitrogens with zero attached hydrogens (tertiary/aromatic N) is 3. The van der Waals surface area contributed by atoms with E-state index in [0.29, 0.717) is 31.2 Å². The SMILES string of the molecule is CCCN(C)C(=O)c1cccc(COC(=O)[C@H]2CC(c3ccc(OC(F)F)c(OCC4CC4)c3)CN2C(C)=O)n1. The standard InChI is InChI=1S/C29H35F2N3O6/c1-4-12-33(3)27(36)23-7-5-6-22(32-23)17-39-28(37)24-13-21(15-34(24)18(2)35)20-10-11-25(40-29(30)31)26(14-20)38-16-19-8-9-19/h5-7,10-11,14,19,21,24,29H,4,8-9,12-13,15-17H2,1-3H3/t21?,24-/m1/s1. The van der Waals surface area contributed by atoms with Crippen LogP contribution in [-0.2, 0) is 20.9 Å². The third-order valence-electron chi connectivity index (χ3n) is 7.10. The lowest BCUT2D eigenvalue weighted by atomic mass is 9.96. The Hall–Kier alpha value is -3.76. The molecule has 2 heterocycles. The summed E-state index contributed by atoms with van der Waals surface area (Å²) in [6.45, 7) is 1.50. The molecule has 1 aliphatic carbocycles. The number of alkyl halides is 2. The molecular weight excluding hydrogens is 524 g/mol. The summed E-state index contributed by atoms with van der Waals surface area (Å²) in [7, 11) is 1.70. The van der Waals surface area contributed by atoms with Crippen molar-refractivity contribution in [2.24, 2.45) is 5.92 Å². The molecule has 1 saturated carbocycles. The molecule has 0 bridgehead atoms. The molecule has 2 aromatic rings. The maximum absolute atomic E-state index is 13.1. The quantitative estimate of drug-likeness (QED) is 0.356. The van der Waals surface area contributed by atoms with Crippen molar-refractivity contribution in [3.8, 4) is 11.5 Å². The molecule has 1 saturated heterocycles. The first-order chi connectivity index (χ1) is 19.2. The van der Waals surface area contributed by atoms with Gasteiger partial charge in [0, 0.05) is 33.0 Å². The van der Waals surface area contributed by atoms with Gasteiger partial charge in [-0.3, -0.25) is 9.59 Å². The van der Waals surface area contributed by atoms with Gasteiger partial charge in [-0.05, 0) is 61.4 Å². The van der Waals surface area contributed by atoms with E-state index in [4.69, 9.17) is 9.47 Å². The highest BCUT2D eigenvalue weighted by Crippen LogP contribution is 2.39. The molecule has 1 unspecified atom stereocenters. The first kappa shape index (κ1) is 29.2. The molecule has 2 aliphatic rings. The Kier molecular flexibility index (Phi) is 9.54. The number of ether oxygens (including phenoxy) is 3. The van der Waals surface area contributed by atoms with E-state index >= 15 is 0 Å². The Bertz CT molecular complexity index is 1220. The predicted molar refractivity (Wildman–Crippen MR) is 141 cm³/mol. The third-order valence-corrected chi connectivity index (χ3v) is 7.10. The molecule has 9 nitrogen and oxygen atoms in total. The van der Waals surface area contributed by atoms with Gasteiger partial charge in [0.05, 0.1) is 12.3 Å². The van der Waals surface area contributed by atoms with Gasteiger partial charge in [-0.25, -0.2) is 9.78 Å². The highest BCUT2D eigenvalue weighted by molar-refractivity contribution is 5.92. The summed E-state index contributed by atoms with van der Waals surface area (Å²) in [4.78, 5) is 45.4. The number of carbonyl (C=O) groups is 3. The number of carbonyl (C=O) groups excluding carboxylic acids is 3. The van der Waals surface area contributed by atoms with Gasteiger partial charge < -0.3 is 24.0 Å². The number of amides is 2. The Morgan fingerprint density at radius 2 is 1.93 bits per heavy atom. The summed E-state index contributed by atoms with van der Waals surface area (Å²) >= 11 is 0. The second-order valence-corrected chi connectivity index (χ2v) is 10.3. The van der Waals surface area contributed by atoms with Crippen LogP contribution in [-0.4, -0.2) is 72.0 Å². The molecule has 11 heteroatoms. The Labute approximate surface area is 232 Å². The van der Waals surface area contributed by atoms with Crippen LogP contribution in [0.15, 0.2) is 36.4 Å². The highest BCUT2D eigenvalue weighted by atomic mass is 19.3. The van der Waals surface area contributed by atoms with Gasteiger partial charge in [-0.2, -0.15) is 8.78 Å². The van der Waals surface area contributed by atoms with Crippen molar-refractivity contribution < 1.29 is 37.4 Å². The molecule has 40 heavy (non-hydrogen) atoms. The number of halogens is 2. The van der Waals surface area contributed by atoms with Crippen LogP contribution in [0.5, 0.6) is 11.5 Å². The van der Waals surface area contributed by atoms with Gasteiger partial charge in [-0.1, -0.05) is 19.1 Å². The van der Waals surface area contributed by atoms with E-state index in [1.54, 1.807) is 42.3 Å². The van der Waals surface area contributed by atoms with E-state index in [2.05, 4.69) is 9.72 Å². The maximum atomic E-state index is 13.1. The van der Waals surface area contributed by atoms with Crippen molar-refractivity contribution in [2.75, 3.05) is 26.7 Å². The number of esters is 1. The summed E-state index contributed by atoms with van der Waals surface area (Å²) in [5.41, 5.74) is 1.42. The van der Waals surface area contributed by atoms with Crippen LogP contribution < -0.4 is 9.47 Å². The fourth-order valence-electron chi connectivity index (χ4n) is 4.78. The van der Waals surface area contributed by atoms with Crippen LogP contribution in [0, 0.1) is 5.92 Å². The molecule has 0 radical (unpaired) electrons. The Balaban J connectivity index is 1.44. The number of aromatic nitrogens is 1. The fourth-order valence-corrected chi connectivity index (χ4v) is 4.78. The molecule has 216 valence electrons. The monoisotopic (exact) mass is 559 g/mol. The number of pyridine rings is 1. The zero-order valence-corrected chi connectivity index (χ0v) is 23.0. The van der Waals surface area contributed by atoms with E-state index in [-0.39, 0.29) is 48.1 Å². The van der Waals surface area contributed by atoms with Crippen molar-refractivity contribution in [2.45, 2.75) is 64.7 Å². The van der Waals surface area contributed by atoms with Gasteiger partial charge in [0.15, 0.2) is 11.5 Å². The van der Waals surface area contributed by atoms with Crippen LogP contribution in [0.1, 0.15) is 67.2 Å².